The van der Waals surface area contributed by atoms with Crippen molar-refractivity contribution in [3.63, 3.8) is 0 Å². The lowest BCUT2D eigenvalue weighted by atomic mass is 10.1. The van der Waals surface area contributed by atoms with Crippen molar-refractivity contribution in [1.29, 1.82) is 0 Å². The highest BCUT2D eigenvalue weighted by atomic mass is 35.5. The van der Waals surface area contributed by atoms with Crippen molar-refractivity contribution >= 4 is 34.4 Å². The average molecular weight is 510 g/mol. The molecule has 0 aliphatic rings. The molecule has 0 saturated carbocycles. The van der Waals surface area contributed by atoms with Crippen LogP contribution in [-0.2, 0) is 12.7 Å². The van der Waals surface area contributed by atoms with E-state index in [4.69, 9.17) is 16.6 Å². The van der Waals surface area contributed by atoms with E-state index in [9.17, 15) is 18.0 Å². The van der Waals surface area contributed by atoms with Gasteiger partial charge in [-0.2, -0.15) is 18.3 Å². The number of aromatic nitrogens is 4. The predicted octanol–water partition coefficient (Wildman–Crippen LogP) is 6.71. The Bertz CT molecular complexity index is 1570. The van der Waals surface area contributed by atoms with Gasteiger partial charge in [-0.3, -0.25) is 4.79 Å². The molecule has 0 spiro atoms. The van der Waals surface area contributed by atoms with Gasteiger partial charge in [0.05, 0.1) is 23.3 Å². The van der Waals surface area contributed by atoms with E-state index < -0.39 is 22.7 Å². The van der Waals surface area contributed by atoms with Crippen LogP contribution in [0.2, 0.25) is 5.02 Å². The highest BCUT2D eigenvalue weighted by molar-refractivity contribution is 6.31. The van der Waals surface area contributed by atoms with E-state index >= 15 is 0 Å². The number of anilines is 1. The zero-order valence-electron chi connectivity index (χ0n) is 18.9. The van der Waals surface area contributed by atoms with Gasteiger partial charge < -0.3 is 10.3 Å². The summed E-state index contributed by atoms with van der Waals surface area (Å²) in [5.41, 5.74) is 3.37. The van der Waals surface area contributed by atoms with E-state index in [-0.39, 0.29) is 5.56 Å². The molecule has 5 aromatic rings. The number of hydrogen-bond donors (Lipinski definition) is 2. The number of rotatable bonds is 5. The zero-order valence-corrected chi connectivity index (χ0v) is 19.7. The summed E-state index contributed by atoms with van der Waals surface area (Å²) >= 11 is 5.66. The monoisotopic (exact) mass is 509 g/mol. The summed E-state index contributed by atoms with van der Waals surface area (Å²) in [4.78, 5) is 20.7. The van der Waals surface area contributed by atoms with Gasteiger partial charge in [0, 0.05) is 16.8 Å². The fourth-order valence-corrected chi connectivity index (χ4v) is 4.11. The summed E-state index contributed by atoms with van der Waals surface area (Å²) in [5, 5.41) is 6.60. The van der Waals surface area contributed by atoms with Crippen LogP contribution in [0, 0.1) is 6.92 Å². The van der Waals surface area contributed by atoms with Crippen LogP contribution in [0.15, 0.2) is 72.9 Å². The lowest BCUT2D eigenvalue weighted by molar-refractivity contribution is -0.137. The van der Waals surface area contributed by atoms with Gasteiger partial charge in [-0.1, -0.05) is 48.0 Å². The normalized spacial score (nSPS) is 11.7. The van der Waals surface area contributed by atoms with E-state index in [0.29, 0.717) is 23.7 Å². The van der Waals surface area contributed by atoms with E-state index in [1.807, 2.05) is 37.3 Å². The Morgan fingerprint density at radius 1 is 1.08 bits per heavy atom. The first-order valence-corrected chi connectivity index (χ1v) is 11.3. The molecule has 2 heterocycles. The molecule has 36 heavy (non-hydrogen) atoms. The van der Waals surface area contributed by atoms with Gasteiger partial charge in [0.15, 0.2) is 5.65 Å². The van der Waals surface area contributed by atoms with E-state index in [1.165, 1.54) is 6.07 Å². The molecule has 10 heteroatoms. The number of nitrogens with zero attached hydrogens (tertiary/aromatic N) is 3. The lowest BCUT2D eigenvalue weighted by Gasteiger charge is -2.12. The Morgan fingerprint density at radius 3 is 2.61 bits per heavy atom. The maximum absolute atomic E-state index is 13.2. The van der Waals surface area contributed by atoms with Gasteiger partial charge in [0.1, 0.15) is 11.3 Å². The van der Waals surface area contributed by atoms with Crippen LogP contribution in [0.25, 0.3) is 22.6 Å². The highest BCUT2D eigenvalue weighted by Crippen LogP contribution is 2.35. The van der Waals surface area contributed by atoms with Gasteiger partial charge in [-0.25, -0.2) is 9.67 Å². The summed E-state index contributed by atoms with van der Waals surface area (Å²) in [6, 6.07) is 18.1. The summed E-state index contributed by atoms with van der Waals surface area (Å²) < 4.78 is 41.3. The number of imidazole rings is 1. The molecule has 2 aromatic heterocycles. The molecule has 0 fully saturated rings. The van der Waals surface area contributed by atoms with Crippen LogP contribution in [-0.4, -0.2) is 25.7 Å². The molecule has 2 N–H and O–H groups in total. The maximum atomic E-state index is 13.2. The summed E-state index contributed by atoms with van der Waals surface area (Å²) in [5.74, 6) is -0.0984. The Labute approximate surface area is 208 Å². The van der Waals surface area contributed by atoms with Crippen LogP contribution < -0.4 is 5.32 Å². The molecular weight excluding hydrogens is 491 g/mol. The molecule has 0 saturated heterocycles. The van der Waals surface area contributed by atoms with Crippen molar-refractivity contribution in [2.45, 2.75) is 19.6 Å². The number of aromatic amines is 1. The second kappa shape index (κ2) is 9.16. The van der Waals surface area contributed by atoms with Crippen LogP contribution in [0.3, 0.4) is 0 Å². The quantitative estimate of drug-likeness (QED) is 0.276. The predicted molar refractivity (Wildman–Crippen MR) is 132 cm³/mol. The van der Waals surface area contributed by atoms with Crippen LogP contribution in [0.4, 0.5) is 18.9 Å². The number of H-pyrrole nitrogens is 1. The van der Waals surface area contributed by atoms with Crippen LogP contribution in [0.1, 0.15) is 27.0 Å². The minimum absolute atomic E-state index is 0.154. The Balaban J connectivity index is 1.42. The van der Waals surface area contributed by atoms with Crippen LogP contribution in [0.5, 0.6) is 0 Å². The number of amides is 1. The summed E-state index contributed by atoms with van der Waals surface area (Å²) in [6.07, 6.45) is -2.96. The second-order valence-electron chi connectivity index (χ2n) is 8.29. The fraction of sp³-hybridized carbons (Fsp3) is 0.115. The number of benzene rings is 3. The van der Waals surface area contributed by atoms with E-state index in [0.717, 1.165) is 34.3 Å². The third-order valence-corrected chi connectivity index (χ3v) is 6.07. The maximum Gasteiger partial charge on any atom is 0.417 e. The molecule has 3 aromatic carbocycles. The highest BCUT2D eigenvalue weighted by Gasteiger charge is 2.33. The summed E-state index contributed by atoms with van der Waals surface area (Å²) in [7, 11) is 0. The first kappa shape index (κ1) is 23.6. The van der Waals surface area contributed by atoms with E-state index in [2.05, 4.69) is 15.4 Å². The third-order valence-electron chi connectivity index (χ3n) is 5.74. The minimum Gasteiger partial charge on any atom is -0.335 e. The standard InChI is InChI=1S/C26H19ClF3N5O/c1-15-7-9-18(32-25(36)17-8-10-21(27)20(11-17)26(28,29)30)12-19(15)23-33-22-13-31-35(24(22)34-23)14-16-5-3-2-4-6-16/h2-13H,14H2,1H3,(H,32,36)(H,33,34). The molecule has 0 radical (unpaired) electrons. The second-order valence-corrected chi connectivity index (χ2v) is 8.69. The molecule has 0 bridgehead atoms. The number of alkyl halides is 3. The Hall–Kier alpha value is -4.11. The van der Waals surface area contributed by atoms with Crippen LogP contribution >= 0.6 is 11.6 Å². The third kappa shape index (κ3) is 4.70. The molecule has 1 amide bonds. The molecular formula is C26H19ClF3N5O. The first-order valence-electron chi connectivity index (χ1n) is 10.9. The van der Waals surface area contributed by atoms with Crippen molar-refractivity contribution in [1.82, 2.24) is 19.7 Å². The minimum atomic E-state index is -4.66. The molecule has 182 valence electrons. The number of halogens is 4. The average Bonchev–Trinajstić information content (AvgIpc) is 3.42. The molecule has 5 rings (SSSR count). The van der Waals surface area contributed by atoms with Crippen molar-refractivity contribution in [3.05, 3.63) is 100 Å². The molecule has 6 nitrogen and oxygen atoms in total. The van der Waals surface area contributed by atoms with Gasteiger partial charge in [-0.05, 0) is 48.4 Å². The van der Waals surface area contributed by atoms with Crippen molar-refractivity contribution in [2.75, 3.05) is 5.32 Å². The lowest BCUT2D eigenvalue weighted by Crippen LogP contribution is -2.14. The van der Waals surface area contributed by atoms with Gasteiger partial charge in [0.25, 0.3) is 5.91 Å². The number of hydrogen-bond acceptors (Lipinski definition) is 3. The molecule has 0 aliphatic carbocycles. The smallest absolute Gasteiger partial charge is 0.335 e. The van der Waals surface area contributed by atoms with E-state index in [1.54, 1.807) is 29.1 Å². The first-order chi connectivity index (χ1) is 17.2. The number of fused-ring (bicyclic) bond motifs is 1. The number of nitrogens with one attached hydrogen (secondary N) is 2. The number of carbonyl (C=O) groups excluding carboxylic acids is 1. The van der Waals surface area contributed by atoms with Gasteiger partial charge >= 0.3 is 6.18 Å². The van der Waals surface area contributed by atoms with Gasteiger partial charge in [-0.15, -0.1) is 0 Å². The molecule has 0 atom stereocenters. The van der Waals surface area contributed by atoms with Crippen molar-refractivity contribution in [2.24, 2.45) is 0 Å². The topological polar surface area (TPSA) is 75.6 Å². The molecule has 0 unspecified atom stereocenters. The SMILES string of the molecule is Cc1ccc(NC(=O)c2ccc(Cl)c(C(F)(F)F)c2)cc1-c1nc2c(cnn2Cc2ccccc2)[nH]1. The largest absolute Gasteiger partial charge is 0.417 e. The number of carbonyl (C=O) groups is 1. The zero-order chi connectivity index (χ0) is 25.4. The van der Waals surface area contributed by atoms with Gasteiger partial charge in [0.2, 0.25) is 0 Å². The van der Waals surface area contributed by atoms with Crippen molar-refractivity contribution in [3.8, 4) is 11.4 Å². The Kier molecular flexibility index (Phi) is 6.01. The fourth-order valence-electron chi connectivity index (χ4n) is 3.89. The van der Waals surface area contributed by atoms with Crippen molar-refractivity contribution < 1.29 is 18.0 Å². The Morgan fingerprint density at radius 2 is 1.86 bits per heavy atom. The summed E-state index contributed by atoms with van der Waals surface area (Å²) in [6.45, 7) is 2.46. The molecule has 0 aliphatic heterocycles. The number of aryl methyl sites for hydroxylation is 1.